The third kappa shape index (κ3) is 3.76. The molecule has 0 radical (unpaired) electrons. The molecule has 2 rings (SSSR count). The molecule has 1 aliphatic carbocycles. The fourth-order valence-corrected chi connectivity index (χ4v) is 2.98. The monoisotopic (exact) mass is 276 g/mol. The number of aryl methyl sites for hydroxylation is 1. The highest BCUT2D eigenvalue weighted by Gasteiger charge is 2.38. The second-order valence-corrected chi connectivity index (χ2v) is 6.73. The van der Waals surface area contributed by atoms with Gasteiger partial charge in [-0.05, 0) is 55.2 Å². The Labute approximate surface area is 123 Å². The van der Waals surface area contributed by atoms with Crippen LogP contribution in [-0.4, -0.2) is 17.3 Å². The number of rotatable bonds is 5. The lowest BCUT2D eigenvalue weighted by Gasteiger charge is -2.40. The second-order valence-electron chi connectivity index (χ2n) is 6.73. The Balaban J connectivity index is 1.95. The van der Waals surface area contributed by atoms with Gasteiger partial charge in [0.05, 0.1) is 6.10 Å². The summed E-state index contributed by atoms with van der Waals surface area (Å²) in [6, 6.07) is 8.37. The summed E-state index contributed by atoms with van der Waals surface area (Å²) in [6.07, 6.45) is 6.29. The van der Waals surface area contributed by atoms with Crippen LogP contribution in [-0.2, 0) is 6.42 Å². The molecule has 112 valence electrons. The van der Waals surface area contributed by atoms with Gasteiger partial charge in [0, 0.05) is 0 Å². The predicted octanol–water partition coefficient (Wildman–Crippen LogP) is 4.35. The molecule has 2 atom stereocenters. The van der Waals surface area contributed by atoms with Gasteiger partial charge in [0.15, 0.2) is 0 Å². The van der Waals surface area contributed by atoms with Crippen LogP contribution in [0.4, 0.5) is 0 Å². The maximum absolute atomic E-state index is 10.4. The Hall–Kier alpha value is -1.02. The summed E-state index contributed by atoms with van der Waals surface area (Å²) in [6.45, 7) is 6.46. The van der Waals surface area contributed by atoms with Crippen LogP contribution in [0.15, 0.2) is 24.3 Å². The molecule has 0 heterocycles. The zero-order chi connectivity index (χ0) is 14.6. The first kappa shape index (κ1) is 15.4. The number of aliphatic hydroxyl groups is 1. The van der Waals surface area contributed by atoms with Gasteiger partial charge in [-0.15, -0.1) is 0 Å². The minimum atomic E-state index is -0.379. The van der Waals surface area contributed by atoms with Gasteiger partial charge in [-0.25, -0.2) is 0 Å². The maximum Gasteiger partial charge on any atom is 0.125 e. The number of aliphatic hydroxyl groups excluding tert-OH is 1. The molecule has 0 spiro atoms. The van der Waals surface area contributed by atoms with Crippen molar-refractivity contribution in [1.29, 1.82) is 0 Å². The van der Waals surface area contributed by atoms with Gasteiger partial charge < -0.3 is 9.84 Å². The molecule has 0 amide bonds. The number of hydrogen-bond donors (Lipinski definition) is 1. The van der Waals surface area contributed by atoms with Crippen molar-refractivity contribution in [2.45, 2.75) is 71.5 Å². The zero-order valence-corrected chi connectivity index (χ0v) is 13.1. The van der Waals surface area contributed by atoms with Crippen molar-refractivity contribution in [3.05, 3.63) is 29.8 Å². The highest BCUT2D eigenvalue weighted by atomic mass is 16.5. The van der Waals surface area contributed by atoms with Crippen LogP contribution in [0.2, 0.25) is 0 Å². The standard InChI is InChI=1S/C18H28O2/c1-4-5-7-14-9-11-15(12-10-14)20-16-8-6-13-18(2,3)17(16)19/h9-12,16-17,19H,4-8,13H2,1-3H3. The van der Waals surface area contributed by atoms with Crippen molar-refractivity contribution in [1.82, 2.24) is 0 Å². The van der Waals surface area contributed by atoms with Gasteiger partial charge in [0.1, 0.15) is 11.9 Å². The van der Waals surface area contributed by atoms with Crippen molar-refractivity contribution in [2.24, 2.45) is 5.41 Å². The van der Waals surface area contributed by atoms with Gasteiger partial charge in [-0.1, -0.05) is 39.3 Å². The summed E-state index contributed by atoms with van der Waals surface area (Å²) in [5.74, 6) is 0.881. The van der Waals surface area contributed by atoms with Crippen molar-refractivity contribution in [3.8, 4) is 5.75 Å². The molecule has 2 heteroatoms. The van der Waals surface area contributed by atoms with E-state index in [1.165, 1.54) is 18.4 Å². The van der Waals surface area contributed by atoms with Crippen molar-refractivity contribution >= 4 is 0 Å². The molecule has 1 aromatic carbocycles. The van der Waals surface area contributed by atoms with Crippen LogP contribution in [0.5, 0.6) is 5.75 Å². The van der Waals surface area contributed by atoms with Gasteiger partial charge in [0.2, 0.25) is 0 Å². The summed E-state index contributed by atoms with van der Waals surface area (Å²) in [5, 5.41) is 10.4. The molecule has 0 saturated heterocycles. The van der Waals surface area contributed by atoms with E-state index in [-0.39, 0.29) is 17.6 Å². The summed E-state index contributed by atoms with van der Waals surface area (Å²) >= 11 is 0. The third-order valence-electron chi connectivity index (χ3n) is 4.49. The van der Waals surface area contributed by atoms with Gasteiger partial charge in [-0.2, -0.15) is 0 Å². The zero-order valence-electron chi connectivity index (χ0n) is 13.1. The molecule has 1 N–H and O–H groups in total. The first-order valence-corrected chi connectivity index (χ1v) is 7.96. The molecule has 0 bridgehead atoms. The molecule has 1 fully saturated rings. The molecule has 1 saturated carbocycles. The van der Waals surface area contributed by atoms with Crippen LogP contribution in [0.3, 0.4) is 0 Å². The molecule has 2 nitrogen and oxygen atoms in total. The largest absolute Gasteiger partial charge is 0.488 e. The highest BCUT2D eigenvalue weighted by Crippen LogP contribution is 2.37. The molecule has 1 aliphatic rings. The Morgan fingerprint density at radius 1 is 1.25 bits per heavy atom. The lowest BCUT2D eigenvalue weighted by atomic mass is 9.73. The Morgan fingerprint density at radius 3 is 2.60 bits per heavy atom. The number of benzene rings is 1. The second kappa shape index (κ2) is 6.62. The van der Waals surface area contributed by atoms with Crippen LogP contribution >= 0.6 is 0 Å². The van der Waals surface area contributed by atoms with Gasteiger partial charge in [-0.3, -0.25) is 0 Å². The van der Waals surface area contributed by atoms with E-state index in [0.29, 0.717) is 0 Å². The molecule has 20 heavy (non-hydrogen) atoms. The summed E-state index contributed by atoms with van der Waals surface area (Å²) in [5.41, 5.74) is 1.33. The molecule has 0 aliphatic heterocycles. The van der Waals surface area contributed by atoms with Crippen molar-refractivity contribution < 1.29 is 9.84 Å². The average Bonchev–Trinajstić information content (AvgIpc) is 2.43. The van der Waals surface area contributed by atoms with Gasteiger partial charge in [0.25, 0.3) is 0 Å². The number of unbranched alkanes of at least 4 members (excludes halogenated alkanes) is 1. The molecular formula is C18H28O2. The van der Waals surface area contributed by atoms with E-state index in [4.69, 9.17) is 4.74 Å². The Kier molecular flexibility index (Phi) is 5.09. The molecule has 0 aromatic heterocycles. The van der Waals surface area contributed by atoms with Gasteiger partial charge >= 0.3 is 0 Å². The Bertz CT molecular complexity index is 408. The van der Waals surface area contributed by atoms with Crippen LogP contribution in [0.1, 0.15) is 58.4 Å². The quantitative estimate of drug-likeness (QED) is 0.866. The van der Waals surface area contributed by atoms with E-state index in [0.717, 1.165) is 31.4 Å². The lowest BCUT2D eigenvalue weighted by molar-refractivity contribution is -0.0689. The van der Waals surface area contributed by atoms with E-state index < -0.39 is 0 Å². The summed E-state index contributed by atoms with van der Waals surface area (Å²) in [4.78, 5) is 0. The predicted molar refractivity (Wildman–Crippen MR) is 83.1 cm³/mol. The topological polar surface area (TPSA) is 29.5 Å². The fraction of sp³-hybridized carbons (Fsp3) is 0.667. The maximum atomic E-state index is 10.4. The van der Waals surface area contributed by atoms with Crippen LogP contribution < -0.4 is 4.74 Å². The first-order chi connectivity index (χ1) is 9.53. The number of hydrogen-bond acceptors (Lipinski definition) is 2. The lowest BCUT2D eigenvalue weighted by Crippen LogP contribution is -2.46. The van der Waals surface area contributed by atoms with E-state index >= 15 is 0 Å². The Morgan fingerprint density at radius 2 is 1.95 bits per heavy atom. The summed E-state index contributed by atoms with van der Waals surface area (Å²) in [7, 11) is 0. The molecular weight excluding hydrogens is 248 g/mol. The smallest absolute Gasteiger partial charge is 0.125 e. The van der Waals surface area contributed by atoms with E-state index in [1.807, 2.05) is 12.1 Å². The van der Waals surface area contributed by atoms with Crippen LogP contribution in [0.25, 0.3) is 0 Å². The fourth-order valence-electron chi connectivity index (χ4n) is 2.98. The average molecular weight is 276 g/mol. The normalized spacial score (nSPS) is 25.4. The van der Waals surface area contributed by atoms with Crippen molar-refractivity contribution in [3.63, 3.8) is 0 Å². The van der Waals surface area contributed by atoms with E-state index in [1.54, 1.807) is 0 Å². The summed E-state index contributed by atoms with van der Waals surface area (Å²) < 4.78 is 6.01. The first-order valence-electron chi connectivity index (χ1n) is 7.96. The number of ether oxygens (including phenoxy) is 1. The minimum Gasteiger partial charge on any atom is -0.488 e. The van der Waals surface area contributed by atoms with Crippen LogP contribution in [0, 0.1) is 5.41 Å². The van der Waals surface area contributed by atoms with E-state index in [2.05, 4.69) is 32.9 Å². The minimum absolute atomic E-state index is 0.0377. The highest BCUT2D eigenvalue weighted by molar-refractivity contribution is 5.27. The third-order valence-corrected chi connectivity index (χ3v) is 4.49. The molecule has 1 aromatic rings. The van der Waals surface area contributed by atoms with E-state index in [9.17, 15) is 5.11 Å². The SMILES string of the molecule is CCCCc1ccc(OC2CCCC(C)(C)C2O)cc1. The molecule has 2 unspecified atom stereocenters. The van der Waals surface area contributed by atoms with Crippen molar-refractivity contribution in [2.75, 3.05) is 0 Å².